The van der Waals surface area contributed by atoms with Gasteiger partial charge in [0.05, 0.1) is 13.5 Å². The molecule has 0 saturated heterocycles. The van der Waals surface area contributed by atoms with Crippen molar-refractivity contribution in [2.45, 2.75) is 0 Å². The van der Waals surface area contributed by atoms with Crippen molar-refractivity contribution >= 4 is 8.25 Å². The predicted molar refractivity (Wildman–Crippen MR) is 36.0 cm³/mol. The second kappa shape index (κ2) is 23.0. The van der Waals surface area contributed by atoms with Crippen LogP contribution in [0.25, 0.3) is 0 Å². The molecular formula is C2H13N2O5P. The van der Waals surface area contributed by atoms with E-state index in [1.54, 1.807) is 0 Å². The van der Waals surface area contributed by atoms with E-state index in [-0.39, 0.29) is 13.5 Å². The third kappa shape index (κ3) is 3900000. The smallest absolute Gasteiger partial charge is 0.314 e. The van der Waals surface area contributed by atoms with Crippen molar-refractivity contribution in [3.05, 3.63) is 0 Å². The average molecular weight is 176 g/mol. The van der Waals surface area contributed by atoms with Gasteiger partial charge in [0.25, 0.3) is 0 Å². The van der Waals surface area contributed by atoms with Crippen LogP contribution in [0.1, 0.15) is 0 Å². The van der Waals surface area contributed by atoms with Gasteiger partial charge < -0.3 is 31.5 Å². The summed E-state index contributed by atoms with van der Waals surface area (Å²) in [5.74, 6) is 0. The molecule has 0 aliphatic rings. The largest absolute Gasteiger partial charge is 0.382 e. The first kappa shape index (κ1) is 16.5. The molecule has 0 aliphatic carbocycles. The van der Waals surface area contributed by atoms with Crippen molar-refractivity contribution < 1.29 is 24.6 Å². The standard InChI is InChI=1S/2CH5NO.H3O3P/c2*2-1-3;1-4(2)3/h2*3H,1-2H2;4H,(H2,1,2,3). The van der Waals surface area contributed by atoms with Gasteiger partial charge in [-0.1, -0.05) is 0 Å². The summed E-state index contributed by atoms with van der Waals surface area (Å²) in [6.07, 6.45) is 0. The zero-order valence-electron chi connectivity index (χ0n) is 5.27. The fourth-order valence-corrected chi connectivity index (χ4v) is 0. The van der Waals surface area contributed by atoms with E-state index in [0.717, 1.165) is 0 Å². The molecule has 7 nitrogen and oxygen atoms in total. The molecule has 0 unspecified atom stereocenters. The van der Waals surface area contributed by atoms with Crippen LogP contribution in [0.4, 0.5) is 0 Å². The van der Waals surface area contributed by atoms with Gasteiger partial charge >= 0.3 is 8.25 Å². The minimum Gasteiger partial charge on any atom is -0.382 e. The fraction of sp³-hybridized carbons (Fsp3) is 1.00. The number of aliphatic hydroxyl groups is 2. The van der Waals surface area contributed by atoms with Gasteiger partial charge in [-0.2, -0.15) is 0 Å². The number of aliphatic hydroxyl groups excluding tert-OH is 2. The van der Waals surface area contributed by atoms with Gasteiger partial charge in [0, 0.05) is 0 Å². The molecule has 0 spiro atoms. The lowest BCUT2D eigenvalue weighted by molar-refractivity contribution is 0.307. The summed E-state index contributed by atoms with van der Waals surface area (Å²) in [6.45, 7) is -0.500. The summed E-state index contributed by atoms with van der Waals surface area (Å²) >= 11 is 0. The van der Waals surface area contributed by atoms with Gasteiger partial charge in [-0.25, -0.2) is 0 Å². The molecule has 66 valence electrons. The highest BCUT2D eigenvalue weighted by Crippen LogP contribution is 1.98. The second-order valence-electron chi connectivity index (χ2n) is 0.648. The minimum atomic E-state index is -3.13. The zero-order chi connectivity index (χ0) is 8.99. The summed E-state index contributed by atoms with van der Waals surface area (Å²) in [5, 5.41) is 14.7. The van der Waals surface area contributed by atoms with Crippen LogP contribution in [-0.2, 0) is 4.57 Å². The monoisotopic (exact) mass is 176 g/mol. The maximum atomic E-state index is 8.74. The van der Waals surface area contributed by atoms with E-state index in [4.69, 9.17) is 24.6 Å². The molecule has 0 fully saturated rings. The highest BCUT2D eigenvalue weighted by atomic mass is 31.1. The molecule has 0 atom stereocenters. The summed E-state index contributed by atoms with van der Waals surface area (Å²) in [6, 6.07) is 0. The SMILES string of the molecule is NCO.NCO.O=[PH](O)O. The maximum absolute atomic E-state index is 8.74. The fourth-order valence-electron chi connectivity index (χ4n) is 0. The lowest BCUT2D eigenvalue weighted by Gasteiger charge is -1.61. The van der Waals surface area contributed by atoms with Crippen LogP contribution in [0.2, 0.25) is 0 Å². The quantitative estimate of drug-likeness (QED) is 0.172. The molecule has 0 amide bonds. The first-order valence-electron chi connectivity index (χ1n) is 2.10. The normalized spacial score (nSPS) is 7.10. The number of hydrogen-bond acceptors (Lipinski definition) is 5. The Kier molecular flexibility index (Phi) is 38.1. The van der Waals surface area contributed by atoms with Crippen molar-refractivity contribution in [2.24, 2.45) is 11.5 Å². The van der Waals surface area contributed by atoms with Gasteiger partial charge in [0.15, 0.2) is 0 Å². The Bertz CT molecular complexity index is 55.6. The van der Waals surface area contributed by atoms with Gasteiger partial charge in [-0.3, -0.25) is 4.57 Å². The van der Waals surface area contributed by atoms with Crippen molar-refractivity contribution in [2.75, 3.05) is 13.5 Å². The lowest BCUT2D eigenvalue weighted by Crippen LogP contribution is -1.92. The molecule has 0 aromatic carbocycles. The first-order chi connectivity index (χ1) is 4.56. The Labute approximate surface area is 58.9 Å². The van der Waals surface area contributed by atoms with Crippen LogP contribution in [-0.4, -0.2) is 33.5 Å². The molecule has 0 saturated carbocycles. The zero-order valence-corrected chi connectivity index (χ0v) is 6.27. The first-order valence-corrected chi connectivity index (χ1v) is 3.40. The third-order valence-electron chi connectivity index (χ3n) is 0. The Hall–Kier alpha value is -0.0100. The Morgan fingerprint density at radius 1 is 1.10 bits per heavy atom. The molecule has 0 aromatic heterocycles. The molecule has 8 heteroatoms. The van der Waals surface area contributed by atoms with E-state index in [2.05, 4.69) is 11.5 Å². The highest BCUT2D eigenvalue weighted by molar-refractivity contribution is 7.30. The van der Waals surface area contributed by atoms with Crippen LogP contribution >= 0.6 is 8.25 Å². The maximum Gasteiger partial charge on any atom is 0.314 e. The summed E-state index contributed by atoms with van der Waals surface area (Å²) in [7, 11) is -3.13. The summed E-state index contributed by atoms with van der Waals surface area (Å²) < 4.78 is 8.74. The van der Waals surface area contributed by atoms with Crippen LogP contribution in [0.15, 0.2) is 0 Å². The Morgan fingerprint density at radius 3 is 1.10 bits per heavy atom. The summed E-state index contributed by atoms with van der Waals surface area (Å²) in [5.41, 5.74) is 8.81. The molecule has 0 aliphatic heterocycles. The predicted octanol–water partition coefficient (Wildman–Crippen LogP) is -2.85. The molecule has 8 N–H and O–H groups in total. The van der Waals surface area contributed by atoms with Gasteiger partial charge in [-0.15, -0.1) is 0 Å². The van der Waals surface area contributed by atoms with Crippen LogP contribution in [0.5, 0.6) is 0 Å². The van der Waals surface area contributed by atoms with Crippen LogP contribution < -0.4 is 11.5 Å². The topological polar surface area (TPSA) is 150 Å². The molecule has 0 rings (SSSR count). The van der Waals surface area contributed by atoms with E-state index >= 15 is 0 Å². The van der Waals surface area contributed by atoms with Crippen LogP contribution in [0, 0.1) is 0 Å². The van der Waals surface area contributed by atoms with Crippen molar-refractivity contribution in [3.8, 4) is 0 Å². The lowest BCUT2D eigenvalue weighted by atomic mass is 11.4. The average Bonchev–Trinajstić information content (AvgIpc) is 1.65. The van der Waals surface area contributed by atoms with Crippen molar-refractivity contribution in [1.29, 1.82) is 0 Å². The minimum absolute atomic E-state index is 0.250. The van der Waals surface area contributed by atoms with Crippen molar-refractivity contribution in [1.82, 2.24) is 0 Å². The molecule has 0 radical (unpaired) electrons. The molecular weight excluding hydrogens is 163 g/mol. The third-order valence-corrected chi connectivity index (χ3v) is 0. The second-order valence-corrected chi connectivity index (χ2v) is 1.21. The Balaban J connectivity index is -0.0000000750. The van der Waals surface area contributed by atoms with Gasteiger partial charge in [-0.05, 0) is 0 Å². The van der Waals surface area contributed by atoms with E-state index in [1.165, 1.54) is 0 Å². The number of nitrogens with two attached hydrogens (primary N) is 2. The molecule has 0 heterocycles. The molecule has 0 aromatic rings. The van der Waals surface area contributed by atoms with E-state index < -0.39 is 8.25 Å². The van der Waals surface area contributed by atoms with E-state index in [1.807, 2.05) is 0 Å². The summed E-state index contributed by atoms with van der Waals surface area (Å²) in [4.78, 5) is 14.3. The molecule has 10 heavy (non-hydrogen) atoms. The van der Waals surface area contributed by atoms with E-state index in [9.17, 15) is 0 Å². The number of rotatable bonds is 0. The molecule has 0 bridgehead atoms. The van der Waals surface area contributed by atoms with Crippen molar-refractivity contribution in [3.63, 3.8) is 0 Å². The van der Waals surface area contributed by atoms with E-state index in [0.29, 0.717) is 0 Å². The Morgan fingerprint density at radius 2 is 1.10 bits per heavy atom. The number of hydrogen-bond donors (Lipinski definition) is 6. The highest BCUT2D eigenvalue weighted by Gasteiger charge is 1.61. The van der Waals surface area contributed by atoms with Gasteiger partial charge in [0.2, 0.25) is 0 Å². The van der Waals surface area contributed by atoms with Crippen LogP contribution in [0.3, 0.4) is 0 Å². The van der Waals surface area contributed by atoms with Gasteiger partial charge in [0.1, 0.15) is 0 Å².